The zero-order chi connectivity index (χ0) is 27.1. The average Bonchev–Trinajstić information content (AvgIpc) is 3.39. The third-order valence-corrected chi connectivity index (χ3v) is 7.74. The number of nitrogens with zero attached hydrogens (tertiary/aromatic N) is 3. The fourth-order valence-corrected chi connectivity index (χ4v) is 5.76. The maximum atomic E-state index is 11.7. The third-order valence-electron chi connectivity index (χ3n) is 7.42. The van der Waals surface area contributed by atoms with E-state index in [1.54, 1.807) is 18.3 Å². The van der Waals surface area contributed by atoms with Crippen LogP contribution in [0.1, 0.15) is 76.0 Å². The van der Waals surface area contributed by atoms with E-state index in [2.05, 4.69) is 77.8 Å². The monoisotopic (exact) mass is 524 g/mol. The van der Waals surface area contributed by atoms with Gasteiger partial charge in [-0.1, -0.05) is 38.1 Å². The van der Waals surface area contributed by atoms with Crippen LogP contribution in [0, 0.1) is 20.8 Å². The molecule has 2 atom stereocenters. The molecule has 1 saturated heterocycles. The summed E-state index contributed by atoms with van der Waals surface area (Å²) in [5, 5.41) is 13.8. The van der Waals surface area contributed by atoms with E-state index in [9.17, 15) is 9.90 Å². The molecule has 2 aromatic carbocycles. The molecule has 1 fully saturated rings. The highest BCUT2D eigenvalue weighted by Crippen LogP contribution is 2.44. The highest BCUT2D eigenvalue weighted by molar-refractivity contribution is 7.80. The van der Waals surface area contributed by atoms with E-state index in [4.69, 9.17) is 12.2 Å². The van der Waals surface area contributed by atoms with Gasteiger partial charge in [0.05, 0.1) is 23.3 Å². The minimum absolute atomic E-state index is 0.148. The molecular formula is C31H32N4O2S. The molecule has 0 saturated carbocycles. The lowest BCUT2D eigenvalue weighted by Gasteiger charge is -2.28. The number of benzene rings is 2. The van der Waals surface area contributed by atoms with E-state index in [1.165, 1.54) is 5.56 Å². The Balaban J connectivity index is 1.68. The Hall–Kier alpha value is -3.97. The number of rotatable bonds is 6. The van der Waals surface area contributed by atoms with Crippen LogP contribution in [0.5, 0.6) is 0 Å². The molecule has 38 heavy (non-hydrogen) atoms. The van der Waals surface area contributed by atoms with Gasteiger partial charge in [0, 0.05) is 29.0 Å². The Bertz CT molecular complexity index is 1510. The van der Waals surface area contributed by atoms with Crippen LogP contribution >= 0.6 is 12.2 Å². The molecule has 2 N–H and O–H groups in total. The topological polar surface area (TPSA) is 70.4 Å². The molecule has 0 aliphatic carbocycles. The van der Waals surface area contributed by atoms with Crippen molar-refractivity contribution in [2.24, 2.45) is 0 Å². The number of carbonyl (C=O) groups is 1. The quantitative estimate of drug-likeness (QED) is 0.271. The number of hydrogen-bond acceptors (Lipinski definition) is 3. The first kappa shape index (κ1) is 25.7. The van der Waals surface area contributed by atoms with Gasteiger partial charge in [0.25, 0.3) is 0 Å². The second-order valence-electron chi connectivity index (χ2n) is 10.2. The van der Waals surface area contributed by atoms with Gasteiger partial charge in [-0.25, -0.2) is 4.79 Å². The predicted octanol–water partition coefficient (Wildman–Crippen LogP) is 6.80. The number of nitrogens with one attached hydrogen (secondary N) is 1. The van der Waals surface area contributed by atoms with Crippen LogP contribution in [0.2, 0.25) is 0 Å². The number of aromatic nitrogens is 2. The molecule has 5 rings (SSSR count). The number of carboxylic acids is 1. The maximum Gasteiger partial charge on any atom is 0.335 e. The lowest BCUT2D eigenvalue weighted by atomic mass is 9.96. The summed E-state index contributed by atoms with van der Waals surface area (Å²) in [6.45, 7) is 10.5. The highest BCUT2D eigenvalue weighted by atomic mass is 32.1. The van der Waals surface area contributed by atoms with Gasteiger partial charge in [-0.3, -0.25) is 4.98 Å². The lowest BCUT2D eigenvalue weighted by molar-refractivity contribution is 0.0697. The van der Waals surface area contributed by atoms with Gasteiger partial charge < -0.3 is 19.9 Å². The first-order valence-electron chi connectivity index (χ1n) is 12.8. The smallest absolute Gasteiger partial charge is 0.335 e. The second kappa shape index (κ2) is 10.1. The molecule has 0 unspecified atom stereocenters. The number of pyridine rings is 1. The van der Waals surface area contributed by atoms with E-state index in [0.717, 1.165) is 39.6 Å². The van der Waals surface area contributed by atoms with Crippen molar-refractivity contribution in [1.82, 2.24) is 14.9 Å². The van der Waals surface area contributed by atoms with Crippen molar-refractivity contribution in [3.05, 3.63) is 112 Å². The molecule has 1 aliphatic heterocycles. The van der Waals surface area contributed by atoms with E-state index in [-0.39, 0.29) is 17.6 Å². The highest BCUT2D eigenvalue weighted by Gasteiger charge is 2.42. The fraction of sp³-hybridized carbons (Fsp3) is 0.258. The number of anilines is 1. The summed E-state index contributed by atoms with van der Waals surface area (Å²) >= 11 is 5.92. The molecule has 3 heterocycles. The van der Waals surface area contributed by atoms with Gasteiger partial charge in [0.2, 0.25) is 0 Å². The number of hydrogen-bond donors (Lipinski definition) is 2. The van der Waals surface area contributed by atoms with Crippen molar-refractivity contribution in [2.75, 3.05) is 4.90 Å². The molecule has 0 amide bonds. The summed E-state index contributed by atoms with van der Waals surface area (Å²) in [5.74, 6) is -0.501. The summed E-state index contributed by atoms with van der Waals surface area (Å²) in [6, 6.07) is 21.7. The Kier molecular flexibility index (Phi) is 6.80. The van der Waals surface area contributed by atoms with E-state index in [1.807, 2.05) is 31.2 Å². The van der Waals surface area contributed by atoms with Crippen LogP contribution in [0.4, 0.5) is 5.69 Å². The van der Waals surface area contributed by atoms with Crippen LogP contribution < -0.4 is 10.2 Å². The zero-order valence-electron chi connectivity index (χ0n) is 22.3. The first-order chi connectivity index (χ1) is 18.2. The Morgan fingerprint density at radius 2 is 1.76 bits per heavy atom. The van der Waals surface area contributed by atoms with Crippen molar-refractivity contribution >= 4 is 29.0 Å². The molecule has 1 aliphatic rings. The second-order valence-corrected chi connectivity index (χ2v) is 10.6. The zero-order valence-corrected chi connectivity index (χ0v) is 23.1. The van der Waals surface area contributed by atoms with Crippen molar-refractivity contribution in [3.8, 4) is 5.69 Å². The summed E-state index contributed by atoms with van der Waals surface area (Å²) in [6.07, 6.45) is 1.81. The van der Waals surface area contributed by atoms with Gasteiger partial charge in [-0.15, -0.1) is 0 Å². The number of aromatic carboxylic acids is 1. The molecule has 2 aromatic heterocycles. The van der Waals surface area contributed by atoms with Crippen molar-refractivity contribution in [1.29, 1.82) is 0 Å². The summed E-state index contributed by atoms with van der Waals surface area (Å²) < 4.78 is 2.15. The molecular weight excluding hydrogens is 492 g/mol. The molecule has 0 radical (unpaired) electrons. The van der Waals surface area contributed by atoms with Crippen LogP contribution in [-0.2, 0) is 0 Å². The molecule has 0 spiro atoms. The number of aryl methyl sites for hydroxylation is 2. The van der Waals surface area contributed by atoms with E-state index in [0.29, 0.717) is 11.0 Å². The summed E-state index contributed by atoms with van der Waals surface area (Å²) in [4.78, 5) is 18.6. The van der Waals surface area contributed by atoms with Crippen molar-refractivity contribution in [2.45, 2.75) is 52.6 Å². The minimum atomic E-state index is -0.939. The van der Waals surface area contributed by atoms with E-state index < -0.39 is 5.97 Å². The predicted molar refractivity (Wildman–Crippen MR) is 155 cm³/mol. The maximum absolute atomic E-state index is 11.7. The number of carboxylic acid groups (broad SMARTS) is 1. The van der Waals surface area contributed by atoms with Gasteiger partial charge in [0.15, 0.2) is 5.11 Å². The summed E-state index contributed by atoms with van der Waals surface area (Å²) in [5.41, 5.74) is 8.51. The number of thiocarbonyl (C=S) groups is 1. The molecule has 0 bridgehead atoms. The fourth-order valence-electron chi connectivity index (χ4n) is 5.41. The molecule has 6 nitrogen and oxygen atoms in total. The average molecular weight is 525 g/mol. The molecule has 194 valence electrons. The largest absolute Gasteiger partial charge is 0.478 e. The molecule has 7 heteroatoms. The van der Waals surface area contributed by atoms with Gasteiger partial charge >= 0.3 is 5.97 Å². The van der Waals surface area contributed by atoms with Crippen LogP contribution in [0.3, 0.4) is 0 Å². The van der Waals surface area contributed by atoms with Crippen LogP contribution in [0.15, 0.2) is 72.9 Å². The van der Waals surface area contributed by atoms with Crippen LogP contribution in [-0.4, -0.2) is 25.7 Å². The van der Waals surface area contributed by atoms with Gasteiger partial charge in [0.1, 0.15) is 0 Å². The Labute approximate surface area is 229 Å². The minimum Gasteiger partial charge on any atom is -0.478 e. The normalized spacial score (nSPS) is 17.2. The third kappa shape index (κ3) is 4.47. The Morgan fingerprint density at radius 3 is 2.39 bits per heavy atom. The van der Waals surface area contributed by atoms with E-state index >= 15 is 0 Å². The van der Waals surface area contributed by atoms with Gasteiger partial charge in [-0.05, 0) is 98.1 Å². The van der Waals surface area contributed by atoms with Gasteiger partial charge in [-0.2, -0.15) is 0 Å². The van der Waals surface area contributed by atoms with Crippen LogP contribution in [0.25, 0.3) is 5.69 Å². The molecule has 4 aromatic rings. The summed E-state index contributed by atoms with van der Waals surface area (Å²) in [7, 11) is 0. The Morgan fingerprint density at radius 1 is 1.03 bits per heavy atom. The lowest BCUT2D eigenvalue weighted by Crippen LogP contribution is -2.29. The standard InChI is InChI=1S/C31H32N4O2S/c1-18(2)22-11-13-24(14-12-22)35-29(28(33-31(35)38)26-8-6-7-15-32-26)25-16-20(4)34(21(25)5)27-17-23(30(36)37)10-9-19(27)3/h6-18,28-29H,1-5H3,(H,33,38)(H,36,37)/t28-,29+/m0/s1. The first-order valence-corrected chi connectivity index (χ1v) is 13.2. The van der Waals surface area contributed by atoms with Crippen molar-refractivity contribution in [3.63, 3.8) is 0 Å². The van der Waals surface area contributed by atoms with Crippen molar-refractivity contribution < 1.29 is 9.90 Å². The SMILES string of the molecule is Cc1ccc(C(=O)O)cc1-n1c(C)cc([C@@H]2[C@H](c3ccccn3)NC(=S)N2c2ccc(C(C)C)cc2)c1C.